The van der Waals surface area contributed by atoms with Crippen LogP contribution in [0.4, 0.5) is 0 Å². The van der Waals surface area contributed by atoms with Gasteiger partial charge in [0.1, 0.15) is 5.54 Å². The third-order valence-electron chi connectivity index (χ3n) is 5.27. The maximum Gasteiger partial charge on any atom is 0.234 e. The zero-order valence-electron chi connectivity index (χ0n) is 18.6. The Kier molecular flexibility index (Phi) is 6.79. The van der Waals surface area contributed by atoms with Crippen LogP contribution in [0, 0.1) is 17.2 Å². The van der Waals surface area contributed by atoms with E-state index in [1.807, 2.05) is 32.4 Å². The lowest BCUT2D eigenvalue weighted by Gasteiger charge is -2.28. The lowest BCUT2D eigenvalue weighted by Crippen LogP contribution is -2.51. The monoisotopic (exact) mass is 413 g/mol. The maximum atomic E-state index is 12.6. The predicted molar refractivity (Wildman–Crippen MR) is 117 cm³/mol. The molecule has 0 spiro atoms. The van der Waals surface area contributed by atoms with Gasteiger partial charge < -0.3 is 9.88 Å². The molecular weight excluding hydrogens is 382 g/mol. The van der Waals surface area contributed by atoms with E-state index >= 15 is 0 Å². The van der Waals surface area contributed by atoms with Gasteiger partial charge in [0.2, 0.25) is 5.91 Å². The van der Waals surface area contributed by atoms with E-state index in [0.29, 0.717) is 5.16 Å². The van der Waals surface area contributed by atoms with Crippen LogP contribution < -0.4 is 5.32 Å². The second-order valence-corrected chi connectivity index (χ2v) is 10.2. The fourth-order valence-corrected chi connectivity index (χ4v) is 3.47. The van der Waals surface area contributed by atoms with E-state index < -0.39 is 10.8 Å². The molecule has 7 heteroatoms. The molecule has 1 amide bonds. The van der Waals surface area contributed by atoms with E-state index in [0.717, 1.165) is 11.4 Å². The number of nitrogens with one attached hydrogen (secondary N) is 1. The number of carbonyl (C=O) groups is 1. The molecule has 0 aliphatic rings. The minimum atomic E-state index is -0.897. The van der Waals surface area contributed by atoms with Crippen molar-refractivity contribution in [1.29, 1.82) is 5.26 Å². The number of nitrogens with zero attached hydrogens (tertiary/aromatic N) is 4. The fourth-order valence-electron chi connectivity index (χ4n) is 2.66. The summed E-state index contributed by atoms with van der Waals surface area (Å²) in [6.07, 6.45) is 0. The van der Waals surface area contributed by atoms with Gasteiger partial charge in [0.05, 0.1) is 11.3 Å². The molecule has 0 aliphatic heterocycles. The Morgan fingerprint density at radius 1 is 1.14 bits per heavy atom. The van der Waals surface area contributed by atoms with Gasteiger partial charge in [0.15, 0.2) is 11.0 Å². The van der Waals surface area contributed by atoms with E-state index in [9.17, 15) is 10.1 Å². The number of hydrogen-bond acceptors (Lipinski definition) is 5. The SMILES string of the molecule is CC(C)[C@@](C)(C#N)NC(=O)[C@@H](C)Sc1nnc(-c2ccc(C(C)(C)C)cc2)n1C. The molecule has 0 unspecified atom stereocenters. The van der Waals surface area contributed by atoms with Gasteiger partial charge in [0.25, 0.3) is 0 Å². The first-order valence-corrected chi connectivity index (χ1v) is 10.7. The van der Waals surface area contributed by atoms with Crippen LogP contribution in [0.15, 0.2) is 29.4 Å². The Balaban J connectivity index is 2.15. The molecule has 156 valence electrons. The van der Waals surface area contributed by atoms with Crippen molar-refractivity contribution in [2.24, 2.45) is 13.0 Å². The van der Waals surface area contributed by atoms with Crippen LogP contribution in [0.2, 0.25) is 0 Å². The van der Waals surface area contributed by atoms with E-state index in [1.165, 1.54) is 17.3 Å². The number of thioether (sulfide) groups is 1. The van der Waals surface area contributed by atoms with Crippen LogP contribution in [0.1, 0.15) is 54.0 Å². The summed E-state index contributed by atoms with van der Waals surface area (Å²) >= 11 is 1.33. The van der Waals surface area contributed by atoms with Gasteiger partial charge in [-0.25, -0.2) is 0 Å². The Hall–Kier alpha value is -2.33. The smallest absolute Gasteiger partial charge is 0.234 e. The molecule has 0 saturated heterocycles. The molecule has 1 aromatic heterocycles. The molecule has 0 aliphatic carbocycles. The van der Waals surface area contributed by atoms with Gasteiger partial charge in [-0.2, -0.15) is 5.26 Å². The molecule has 1 N–H and O–H groups in total. The maximum absolute atomic E-state index is 12.6. The van der Waals surface area contributed by atoms with Crippen molar-refractivity contribution in [1.82, 2.24) is 20.1 Å². The summed E-state index contributed by atoms with van der Waals surface area (Å²) in [5, 5.41) is 21.1. The van der Waals surface area contributed by atoms with Crippen molar-refractivity contribution in [3.05, 3.63) is 29.8 Å². The van der Waals surface area contributed by atoms with E-state index in [4.69, 9.17) is 0 Å². The summed E-state index contributed by atoms with van der Waals surface area (Å²) in [5.41, 5.74) is 1.44. The van der Waals surface area contributed by atoms with Crippen molar-refractivity contribution in [3.8, 4) is 17.5 Å². The number of carbonyl (C=O) groups excluding carboxylic acids is 1. The van der Waals surface area contributed by atoms with Gasteiger partial charge >= 0.3 is 0 Å². The van der Waals surface area contributed by atoms with Crippen molar-refractivity contribution >= 4 is 17.7 Å². The molecule has 1 heterocycles. The largest absolute Gasteiger partial charge is 0.337 e. The van der Waals surface area contributed by atoms with Crippen LogP contribution in [-0.2, 0) is 17.3 Å². The Labute approximate surface area is 178 Å². The van der Waals surface area contributed by atoms with Gasteiger partial charge in [-0.15, -0.1) is 10.2 Å². The van der Waals surface area contributed by atoms with Crippen LogP contribution in [0.5, 0.6) is 0 Å². The summed E-state index contributed by atoms with van der Waals surface area (Å²) in [6.45, 7) is 13.9. The summed E-state index contributed by atoms with van der Waals surface area (Å²) in [4.78, 5) is 12.6. The summed E-state index contributed by atoms with van der Waals surface area (Å²) in [5.74, 6) is 0.572. The van der Waals surface area contributed by atoms with Gasteiger partial charge in [-0.05, 0) is 30.7 Å². The highest BCUT2D eigenvalue weighted by Gasteiger charge is 2.32. The summed E-state index contributed by atoms with van der Waals surface area (Å²) < 4.78 is 1.90. The Morgan fingerprint density at radius 2 is 1.72 bits per heavy atom. The van der Waals surface area contributed by atoms with Crippen LogP contribution in [0.25, 0.3) is 11.4 Å². The lowest BCUT2D eigenvalue weighted by atomic mass is 9.87. The normalized spacial score (nSPS) is 14.9. The number of amides is 1. The van der Waals surface area contributed by atoms with Crippen molar-refractivity contribution in [2.75, 3.05) is 0 Å². The number of hydrogen-bond donors (Lipinski definition) is 1. The van der Waals surface area contributed by atoms with Crippen molar-refractivity contribution in [3.63, 3.8) is 0 Å². The first-order chi connectivity index (χ1) is 13.4. The number of aromatic nitrogens is 3. The first kappa shape index (κ1) is 23.0. The highest BCUT2D eigenvalue weighted by atomic mass is 32.2. The van der Waals surface area contributed by atoms with Gasteiger partial charge in [-0.1, -0.05) is 70.6 Å². The van der Waals surface area contributed by atoms with Crippen LogP contribution in [-0.4, -0.2) is 31.5 Å². The highest BCUT2D eigenvalue weighted by molar-refractivity contribution is 8.00. The molecule has 0 fully saturated rings. The average molecular weight is 414 g/mol. The molecule has 0 bridgehead atoms. The molecule has 0 saturated carbocycles. The molecule has 0 radical (unpaired) electrons. The molecule has 6 nitrogen and oxygen atoms in total. The second kappa shape index (κ2) is 8.58. The zero-order chi connectivity index (χ0) is 22.0. The molecule has 2 atom stereocenters. The predicted octanol–water partition coefficient (Wildman–Crippen LogP) is 4.31. The van der Waals surface area contributed by atoms with Crippen molar-refractivity contribution in [2.45, 2.75) is 69.8 Å². The second-order valence-electron chi connectivity index (χ2n) is 8.91. The minimum Gasteiger partial charge on any atom is -0.337 e. The Morgan fingerprint density at radius 3 is 2.21 bits per heavy atom. The topological polar surface area (TPSA) is 83.6 Å². The number of nitriles is 1. The third kappa shape index (κ3) is 5.18. The van der Waals surface area contributed by atoms with E-state index in [2.05, 4.69) is 66.6 Å². The summed E-state index contributed by atoms with van der Waals surface area (Å²) in [7, 11) is 1.90. The minimum absolute atomic E-state index is 0.00570. The van der Waals surface area contributed by atoms with Gasteiger partial charge in [-0.3, -0.25) is 4.79 Å². The third-order valence-corrected chi connectivity index (χ3v) is 6.40. The molecule has 2 aromatic rings. The van der Waals surface area contributed by atoms with Gasteiger partial charge in [0, 0.05) is 12.6 Å². The fraction of sp³-hybridized carbons (Fsp3) is 0.545. The van der Waals surface area contributed by atoms with E-state index in [1.54, 1.807) is 6.92 Å². The lowest BCUT2D eigenvalue weighted by molar-refractivity contribution is -0.121. The number of rotatable bonds is 6. The number of benzene rings is 1. The quantitative estimate of drug-likeness (QED) is 0.713. The highest BCUT2D eigenvalue weighted by Crippen LogP contribution is 2.28. The Bertz CT molecular complexity index is 905. The van der Waals surface area contributed by atoms with Crippen LogP contribution in [0.3, 0.4) is 0 Å². The summed E-state index contributed by atoms with van der Waals surface area (Å²) in [6, 6.07) is 10.5. The van der Waals surface area contributed by atoms with Crippen LogP contribution >= 0.6 is 11.8 Å². The molecular formula is C22H31N5OS. The average Bonchev–Trinajstić information content (AvgIpc) is 3.01. The first-order valence-electron chi connectivity index (χ1n) is 9.79. The zero-order valence-corrected chi connectivity index (χ0v) is 19.4. The standard InChI is InChI=1S/C22H31N5OS/c1-14(2)22(7,13-23)24-19(28)15(3)29-20-26-25-18(27(20)8)16-9-11-17(12-10-16)21(4,5)6/h9-12,14-15H,1-8H3,(H,24,28)/t15-,22-/m1/s1. The molecule has 1 aromatic carbocycles. The molecule has 2 rings (SSSR count). The van der Waals surface area contributed by atoms with E-state index in [-0.39, 0.29) is 17.2 Å². The van der Waals surface area contributed by atoms with Crippen molar-refractivity contribution < 1.29 is 4.79 Å². The molecule has 29 heavy (non-hydrogen) atoms.